The molecule has 4 aromatic carbocycles. The van der Waals surface area contributed by atoms with E-state index in [2.05, 4.69) is 4.98 Å². The topological polar surface area (TPSA) is 34.9 Å². The summed E-state index contributed by atoms with van der Waals surface area (Å²) < 4.78 is 15.4. The van der Waals surface area contributed by atoms with Crippen LogP contribution >= 0.6 is 0 Å². The molecule has 0 saturated heterocycles. The molecule has 0 amide bonds. The summed E-state index contributed by atoms with van der Waals surface area (Å²) >= 11 is 0. The van der Waals surface area contributed by atoms with Gasteiger partial charge < -0.3 is 0 Å². The van der Waals surface area contributed by atoms with Crippen molar-refractivity contribution in [2.24, 2.45) is 0 Å². The Morgan fingerprint density at radius 1 is 0.786 bits per heavy atom. The van der Waals surface area contributed by atoms with Crippen LogP contribution in [0.2, 0.25) is 0 Å². The highest BCUT2D eigenvalue weighted by atomic mass is 19.1. The maximum atomic E-state index is 14.0. The molecule has 0 bridgehead atoms. The molecule has 1 heterocycles. The number of benzene rings is 4. The summed E-state index contributed by atoms with van der Waals surface area (Å²) in [6, 6.07) is 27.2. The van der Waals surface area contributed by atoms with Gasteiger partial charge in [0.05, 0.1) is 11.0 Å². The molecule has 0 aliphatic rings. The van der Waals surface area contributed by atoms with Crippen LogP contribution in [0.3, 0.4) is 0 Å². The Kier molecular flexibility index (Phi) is 3.76. The van der Waals surface area contributed by atoms with Crippen LogP contribution < -0.4 is 0 Å². The van der Waals surface area contributed by atoms with Crippen LogP contribution in [-0.4, -0.2) is 15.5 Å². The molecule has 1 aromatic heterocycles. The third-order valence-corrected chi connectivity index (χ3v) is 4.85. The molecule has 4 heteroatoms. The second-order valence-electron chi connectivity index (χ2n) is 6.64. The standard InChI is InChI=1S/C24H15FN2O/c25-20-12-13-21-22(15-20)27(24(28)17-7-2-1-3-8-17)23(26-21)19-11-10-16-6-4-5-9-18(16)14-19/h1-15H. The van der Waals surface area contributed by atoms with Crippen molar-refractivity contribution in [2.75, 3.05) is 0 Å². The van der Waals surface area contributed by atoms with E-state index >= 15 is 0 Å². The minimum Gasteiger partial charge on any atom is -0.268 e. The Morgan fingerprint density at radius 3 is 2.36 bits per heavy atom. The number of imidazole rings is 1. The van der Waals surface area contributed by atoms with Gasteiger partial charge in [-0.3, -0.25) is 9.36 Å². The second-order valence-corrected chi connectivity index (χ2v) is 6.64. The van der Waals surface area contributed by atoms with Crippen molar-refractivity contribution in [3.05, 3.63) is 102 Å². The van der Waals surface area contributed by atoms with Gasteiger partial charge in [-0.05, 0) is 41.1 Å². The average molecular weight is 366 g/mol. The zero-order valence-electron chi connectivity index (χ0n) is 14.8. The van der Waals surface area contributed by atoms with Crippen LogP contribution in [0.15, 0.2) is 91.0 Å². The molecule has 0 radical (unpaired) electrons. The van der Waals surface area contributed by atoms with Crippen molar-refractivity contribution < 1.29 is 9.18 Å². The van der Waals surface area contributed by atoms with Gasteiger partial charge in [0.15, 0.2) is 0 Å². The number of aromatic nitrogens is 2. The molecule has 0 spiro atoms. The van der Waals surface area contributed by atoms with E-state index in [1.165, 1.54) is 16.7 Å². The molecule has 28 heavy (non-hydrogen) atoms. The molecule has 5 aromatic rings. The van der Waals surface area contributed by atoms with Gasteiger partial charge in [0.1, 0.15) is 11.6 Å². The summed E-state index contributed by atoms with van der Waals surface area (Å²) in [5.74, 6) is -0.142. The molecule has 5 rings (SSSR count). The lowest BCUT2D eigenvalue weighted by Crippen LogP contribution is -2.13. The van der Waals surface area contributed by atoms with E-state index in [4.69, 9.17) is 0 Å². The summed E-state index contributed by atoms with van der Waals surface area (Å²) in [6.07, 6.45) is 0. The number of hydrogen-bond donors (Lipinski definition) is 0. The molecular weight excluding hydrogens is 351 g/mol. The number of halogens is 1. The van der Waals surface area contributed by atoms with E-state index in [0.29, 0.717) is 22.4 Å². The van der Waals surface area contributed by atoms with Gasteiger partial charge in [0, 0.05) is 17.2 Å². The van der Waals surface area contributed by atoms with Gasteiger partial charge in [0.2, 0.25) is 0 Å². The van der Waals surface area contributed by atoms with Crippen molar-refractivity contribution in [1.29, 1.82) is 0 Å². The average Bonchev–Trinajstić information content (AvgIpc) is 3.12. The molecule has 0 unspecified atom stereocenters. The number of carbonyl (C=O) groups is 1. The van der Waals surface area contributed by atoms with E-state index in [1.807, 2.05) is 60.7 Å². The number of fused-ring (bicyclic) bond motifs is 2. The van der Waals surface area contributed by atoms with Crippen molar-refractivity contribution in [3.63, 3.8) is 0 Å². The molecule has 0 aliphatic carbocycles. The van der Waals surface area contributed by atoms with Gasteiger partial charge in [0.25, 0.3) is 5.91 Å². The Morgan fingerprint density at radius 2 is 1.54 bits per heavy atom. The smallest absolute Gasteiger partial charge is 0.264 e. The maximum Gasteiger partial charge on any atom is 0.264 e. The molecule has 0 saturated carbocycles. The molecule has 134 valence electrons. The van der Waals surface area contributed by atoms with Crippen LogP contribution in [0.25, 0.3) is 33.2 Å². The fourth-order valence-corrected chi connectivity index (χ4v) is 3.49. The summed E-state index contributed by atoms with van der Waals surface area (Å²) in [5, 5.41) is 2.16. The molecule has 0 atom stereocenters. The van der Waals surface area contributed by atoms with Gasteiger partial charge in [-0.15, -0.1) is 0 Å². The minimum absolute atomic E-state index is 0.239. The van der Waals surface area contributed by atoms with Gasteiger partial charge in [-0.1, -0.05) is 54.6 Å². The third kappa shape index (κ3) is 2.67. The van der Waals surface area contributed by atoms with Crippen LogP contribution in [0.1, 0.15) is 10.4 Å². The Hall–Kier alpha value is -3.79. The number of carbonyl (C=O) groups excluding carboxylic acids is 1. The van der Waals surface area contributed by atoms with Crippen molar-refractivity contribution in [1.82, 2.24) is 9.55 Å². The van der Waals surface area contributed by atoms with Crippen molar-refractivity contribution in [2.45, 2.75) is 0 Å². The zero-order chi connectivity index (χ0) is 19.1. The van der Waals surface area contributed by atoms with Crippen LogP contribution in [0.4, 0.5) is 4.39 Å². The lowest BCUT2D eigenvalue weighted by Gasteiger charge is -2.09. The Balaban J connectivity index is 1.79. The summed E-state index contributed by atoms with van der Waals surface area (Å²) in [4.78, 5) is 17.9. The number of nitrogens with zero attached hydrogens (tertiary/aromatic N) is 2. The maximum absolute atomic E-state index is 14.0. The minimum atomic E-state index is -0.403. The first kappa shape index (κ1) is 16.4. The zero-order valence-corrected chi connectivity index (χ0v) is 14.8. The van der Waals surface area contributed by atoms with Gasteiger partial charge in [-0.2, -0.15) is 0 Å². The first-order valence-corrected chi connectivity index (χ1v) is 8.98. The van der Waals surface area contributed by atoms with Crippen LogP contribution in [0.5, 0.6) is 0 Å². The lowest BCUT2D eigenvalue weighted by molar-refractivity contribution is 0.0966. The lowest BCUT2D eigenvalue weighted by atomic mass is 10.1. The van der Waals surface area contributed by atoms with Gasteiger partial charge in [-0.25, -0.2) is 9.37 Å². The first-order chi connectivity index (χ1) is 13.7. The second kappa shape index (κ2) is 6.43. The highest BCUT2D eigenvalue weighted by Gasteiger charge is 2.20. The number of rotatable bonds is 2. The molecule has 0 aliphatic heterocycles. The molecule has 0 fully saturated rings. The molecule has 0 N–H and O–H groups in total. The van der Waals surface area contributed by atoms with Crippen molar-refractivity contribution in [3.8, 4) is 11.4 Å². The first-order valence-electron chi connectivity index (χ1n) is 8.98. The predicted octanol–water partition coefficient (Wildman–Crippen LogP) is 5.68. The van der Waals surface area contributed by atoms with Gasteiger partial charge >= 0.3 is 0 Å². The quantitative estimate of drug-likeness (QED) is 0.403. The molecular formula is C24H15FN2O. The van der Waals surface area contributed by atoms with Crippen LogP contribution in [0, 0.1) is 5.82 Å². The highest BCUT2D eigenvalue weighted by molar-refractivity contribution is 6.04. The normalized spacial score (nSPS) is 11.2. The summed E-state index contributed by atoms with van der Waals surface area (Å²) in [7, 11) is 0. The summed E-state index contributed by atoms with van der Waals surface area (Å²) in [6.45, 7) is 0. The van der Waals surface area contributed by atoms with E-state index in [0.717, 1.165) is 16.3 Å². The predicted molar refractivity (Wildman–Crippen MR) is 109 cm³/mol. The Bertz CT molecular complexity index is 1340. The number of hydrogen-bond acceptors (Lipinski definition) is 2. The monoisotopic (exact) mass is 366 g/mol. The van der Waals surface area contributed by atoms with E-state index in [9.17, 15) is 9.18 Å². The Labute approximate surface area is 160 Å². The fraction of sp³-hybridized carbons (Fsp3) is 0. The fourth-order valence-electron chi connectivity index (χ4n) is 3.49. The third-order valence-electron chi connectivity index (χ3n) is 4.85. The van der Waals surface area contributed by atoms with Crippen LogP contribution in [-0.2, 0) is 0 Å². The van der Waals surface area contributed by atoms with E-state index < -0.39 is 5.82 Å². The van der Waals surface area contributed by atoms with E-state index in [-0.39, 0.29) is 5.91 Å². The molecule has 3 nitrogen and oxygen atoms in total. The van der Waals surface area contributed by atoms with Crippen molar-refractivity contribution >= 4 is 27.7 Å². The van der Waals surface area contributed by atoms with E-state index in [1.54, 1.807) is 18.2 Å². The largest absolute Gasteiger partial charge is 0.268 e. The summed E-state index contributed by atoms with van der Waals surface area (Å²) in [5.41, 5.74) is 2.36. The SMILES string of the molecule is O=C(c1ccccc1)n1c(-c2ccc3ccccc3c2)nc2ccc(F)cc21. The highest BCUT2D eigenvalue weighted by Crippen LogP contribution is 2.29.